The number of primary amides is 1. The maximum atomic E-state index is 13.0. The summed E-state index contributed by atoms with van der Waals surface area (Å²) in [6.45, 7) is 0. The van der Waals surface area contributed by atoms with E-state index in [0.717, 1.165) is 6.07 Å². The summed E-state index contributed by atoms with van der Waals surface area (Å²) in [6, 6.07) is 6.87. The number of nitrogens with two attached hydrogens (primary N) is 1. The van der Waals surface area contributed by atoms with Gasteiger partial charge in [-0.2, -0.15) is 8.42 Å². The molecule has 0 radical (unpaired) electrons. The number of hydrogen-bond acceptors (Lipinski definition) is 4. The molecule has 0 heterocycles. The molecule has 1 amide bonds. The van der Waals surface area contributed by atoms with Crippen LogP contribution in [0.5, 0.6) is 5.75 Å². The summed E-state index contributed by atoms with van der Waals surface area (Å²) in [7, 11) is -4.43. The summed E-state index contributed by atoms with van der Waals surface area (Å²) >= 11 is 0. The van der Waals surface area contributed by atoms with Crippen LogP contribution in [-0.2, 0) is 10.1 Å². The molecule has 0 saturated carbocycles. The molecule has 110 valence electrons. The summed E-state index contributed by atoms with van der Waals surface area (Å²) in [5.74, 6) is -3.07. The molecule has 0 aliphatic heterocycles. The first-order valence-corrected chi connectivity index (χ1v) is 6.99. The van der Waals surface area contributed by atoms with Crippen molar-refractivity contribution in [1.29, 1.82) is 0 Å². The first-order chi connectivity index (χ1) is 9.78. The zero-order valence-electron chi connectivity index (χ0n) is 10.4. The molecule has 0 atom stereocenters. The van der Waals surface area contributed by atoms with Crippen molar-refractivity contribution >= 4 is 16.0 Å². The average molecular weight is 313 g/mol. The minimum Gasteiger partial charge on any atom is -0.379 e. The number of carbonyl (C=O) groups excluding carboxylic acids is 1. The second kappa shape index (κ2) is 5.49. The highest BCUT2D eigenvalue weighted by Crippen LogP contribution is 2.21. The standard InChI is InChI=1S/C13H9F2NO4S/c14-9-5-10(15)7-12(6-9)21(18,19)20-11-3-1-2-8(4-11)13(16)17/h1-7H,(H2,16,17). The van der Waals surface area contributed by atoms with Crippen LogP contribution in [0.4, 0.5) is 8.78 Å². The van der Waals surface area contributed by atoms with Crippen LogP contribution in [0.25, 0.3) is 0 Å². The van der Waals surface area contributed by atoms with Crippen LogP contribution in [0.15, 0.2) is 47.4 Å². The Morgan fingerprint density at radius 3 is 2.24 bits per heavy atom. The van der Waals surface area contributed by atoms with E-state index in [1.54, 1.807) is 0 Å². The Balaban J connectivity index is 2.37. The van der Waals surface area contributed by atoms with Crippen LogP contribution in [-0.4, -0.2) is 14.3 Å². The van der Waals surface area contributed by atoms with Crippen LogP contribution < -0.4 is 9.92 Å². The molecule has 0 spiro atoms. The number of carbonyl (C=O) groups is 1. The Morgan fingerprint density at radius 1 is 1.05 bits per heavy atom. The lowest BCUT2D eigenvalue weighted by molar-refractivity contribution is 0.1000. The topological polar surface area (TPSA) is 86.5 Å². The van der Waals surface area contributed by atoms with E-state index in [0.29, 0.717) is 18.2 Å². The first kappa shape index (κ1) is 14.9. The first-order valence-electron chi connectivity index (χ1n) is 5.58. The molecule has 8 heteroatoms. The predicted molar refractivity (Wildman–Crippen MR) is 69.1 cm³/mol. The zero-order valence-corrected chi connectivity index (χ0v) is 11.2. The Hall–Kier alpha value is -2.48. The fraction of sp³-hybridized carbons (Fsp3) is 0. The van der Waals surface area contributed by atoms with Crippen LogP contribution in [0.2, 0.25) is 0 Å². The second-order valence-corrected chi connectivity index (χ2v) is 5.58. The lowest BCUT2D eigenvalue weighted by atomic mass is 10.2. The predicted octanol–water partition coefficient (Wildman–Crippen LogP) is 1.83. The maximum absolute atomic E-state index is 13.0. The van der Waals surface area contributed by atoms with Crippen LogP contribution in [0, 0.1) is 11.6 Å². The van der Waals surface area contributed by atoms with Gasteiger partial charge in [-0.3, -0.25) is 4.79 Å². The molecule has 2 rings (SSSR count). The third kappa shape index (κ3) is 3.54. The third-order valence-electron chi connectivity index (χ3n) is 2.45. The Morgan fingerprint density at radius 2 is 1.67 bits per heavy atom. The largest absolute Gasteiger partial charge is 0.379 e. The summed E-state index contributed by atoms with van der Waals surface area (Å²) < 4.78 is 54.6. The third-order valence-corrected chi connectivity index (χ3v) is 3.67. The number of hydrogen-bond donors (Lipinski definition) is 1. The molecule has 0 fully saturated rings. The van der Waals surface area contributed by atoms with Gasteiger partial charge in [-0.25, -0.2) is 8.78 Å². The minimum absolute atomic E-state index is 0.0353. The zero-order chi connectivity index (χ0) is 15.6. The second-order valence-electron chi connectivity index (χ2n) is 4.03. The molecule has 2 aromatic rings. The molecule has 0 bridgehead atoms. The summed E-state index contributed by atoms with van der Waals surface area (Å²) in [6.07, 6.45) is 0. The van der Waals surface area contributed by atoms with E-state index >= 15 is 0 Å². The highest BCUT2D eigenvalue weighted by Gasteiger charge is 2.19. The molecular formula is C13H9F2NO4S. The fourth-order valence-corrected chi connectivity index (χ4v) is 2.52. The van der Waals surface area contributed by atoms with Gasteiger partial charge in [0.2, 0.25) is 5.91 Å². The van der Waals surface area contributed by atoms with Gasteiger partial charge in [-0.05, 0) is 30.3 Å². The van der Waals surface area contributed by atoms with Crippen LogP contribution in [0.3, 0.4) is 0 Å². The van der Waals surface area contributed by atoms with E-state index in [-0.39, 0.29) is 11.3 Å². The van der Waals surface area contributed by atoms with E-state index in [2.05, 4.69) is 0 Å². The summed E-state index contributed by atoms with van der Waals surface area (Å²) in [5, 5.41) is 0. The molecular weight excluding hydrogens is 304 g/mol. The van der Waals surface area contributed by atoms with Crippen molar-refractivity contribution in [3.05, 3.63) is 59.7 Å². The molecule has 5 nitrogen and oxygen atoms in total. The van der Waals surface area contributed by atoms with Gasteiger partial charge in [0.15, 0.2) is 0 Å². The Bertz CT molecular complexity index is 785. The quantitative estimate of drug-likeness (QED) is 0.873. The van der Waals surface area contributed by atoms with Gasteiger partial charge >= 0.3 is 10.1 Å². The molecule has 0 aliphatic carbocycles. The number of rotatable bonds is 4. The van der Waals surface area contributed by atoms with Crippen molar-refractivity contribution in [3.8, 4) is 5.75 Å². The van der Waals surface area contributed by atoms with Crippen molar-refractivity contribution in [3.63, 3.8) is 0 Å². The van der Waals surface area contributed by atoms with Crippen molar-refractivity contribution in [2.45, 2.75) is 4.90 Å². The van der Waals surface area contributed by atoms with Crippen LogP contribution >= 0.6 is 0 Å². The van der Waals surface area contributed by atoms with Crippen LogP contribution in [0.1, 0.15) is 10.4 Å². The number of amides is 1. The number of benzene rings is 2. The summed E-state index contributed by atoms with van der Waals surface area (Å²) in [4.78, 5) is 10.3. The van der Waals surface area contributed by atoms with E-state index in [1.807, 2.05) is 0 Å². The van der Waals surface area contributed by atoms with Crippen molar-refractivity contribution in [2.24, 2.45) is 5.73 Å². The molecule has 2 aromatic carbocycles. The minimum atomic E-state index is -4.43. The van der Waals surface area contributed by atoms with Gasteiger partial charge in [0, 0.05) is 11.6 Å². The fourth-order valence-electron chi connectivity index (χ4n) is 1.55. The van der Waals surface area contributed by atoms with Gasteiger partial charge < -0.3 is 9.92 Å². The van der Waals surface area contributed by atoms with E-state index in [9.17, 15) is 22.0 Å². The smallest absolute Gasteiger partial charge is 0.339 e. The highest BCUT2D eigenvalue weighted by atomic mass is 32.2. The molecule has 0 aliphatic rings. The van der Waals surface area contributed by atoms with Gasteiger partial charge in [0.25, 0.3) is 0 Å². The van der Waals surface area contributed by atoms with Gasteiger partial charge in [-0.15, -0.1) is 0 Å². The van der Waals surface area contributed by atoms with Crippen molar-refractivity contribution < 1.29 is 26.2 Å². The molecule has 2 N–H and O–H groups in total. The molecule has 21 heavy (non-hydrogen) atoms. The monoisotopic (exact) mass is 313 g/mol. The van der Waals surface area contributed by atoms with Crippen molar-refractivity contribution in [2.75, 3.05) is 0 Å². The lowest BCUT2D eigenvalue weighted by Crippen LogP contribution is -2.13. The SMILES string of the molecule is NC(=O)c1cccc(OS(=O)(=O)c2cc(F)cc(F)c2)c1. The number of halogens is 2. The lowest BCUT2D eigenvalue weighted by Gasteiger charge is -2.08. The van der Waals surface area contributed by atoms with Crippen molar-refractivity contribution in [1.82, 2.24) is 0 Å². The average Bonchev–Trinajstić information content (AvgIpc) is 2.37. The van der Waals surface area contributed by atoms with E-state index in [1.165, 1.54) is 18.2 Å². The molecule has 0 unspecified atom stereocenters. The molecule has 0 saturated heterocycles. The Kier molecular flexibility index (Phi) is 3.90. The normalized spacial score (nSPS) is 11.1. The van der Waals surface area contributed by atoms with Gasteiger partial charge in [0.1, 0.15) is 22.3 Å². The maximum Gasteiger partial charge on any atom is 0.339 e. The highest BCUT2D eigenvalue weighted by molar-refractivity contribution is 7.87. The van der Waals surface area contributed by atoms with Gasteiger partial charge in [-0.1, -0.05) is 6.07 Å². The van der Waals surface area contributed by atoms with Gasteiger partial charge in [0.05, 0.1) is 0 Å². The van der Waals surface area contributed by atoms with E-state index < -0.39 is 32.6 Å². The Labute approximate surface area is 119 Å². The summed E-state index contributed by atoms with van der Waals surface area (Å²) in [5.41, 5.74) is 5.09. The molecule has 0 aromatic heterocycles. The van der Waals surface area contributed by atoms with E-state index in [4.69, 9.17) is 9.92 Å².